The molecule has 0 saturated heterocycles. The van der Waals surface area contributed by atoms with E-state index in [4.69, 9.17) is 4.74 Å². The van der Waals surface area contributed by atoms with E-state index in [1.807, 2.05) is 0 Å². The molecular formula is C21H13BrN4O7. The zero-order valence-electron chi connectivity index (χ0n) is 16.5. The lowest BCUT2D eigenvalue weighted by Crippen LogP contribution is -2.17. The number of non-ortho nitro benzene ring substituents is 2. The van der Waals surface area contributed by atoms with Gasteiger partial charge in [0.25, 0.3) is 17.3 Å². The summed E-state index contributed by atoms with van der Waals surface area (Å²) in [4.78, 5) is 45.1. The summed E-state index contributed by atoms with van der Waals surface area (Å²) in [6, 6.07) is 15.4. The lowest BCUT2D eigenvalue weighted by Gasteiger charge is -2.08. The molecule has 0 heterocycles. The van der Waals surface area contributed by atoms with Gasteiger partial charge in [-0.3, -0.25) is 25.0 Å². The third kappa shape index (κ3) is 6.04. The predicted octanol–water partition coefficient (Wildman–Crippen LogP) is 4.25. The first-order chi connectivity index (χ1) is 15.7. The number of halogens is 1. The number of carbonyl (C=O) groups is 2. The van der Waals surface area contributed by atoms with Crippen LogP contribution in [0.3, 0.4) is 0 Å². The van der Waals surface area contributed by atoms with Crippen LogP contribution < -0.4 is 10.2 Å². The average molecular weight is 513 g/mol. The Labute approximate surface area is 194 Å². The monoisotopic (exact) mass is 512 g/mol. The molecule has 0 aliphatic heterocycles. The van der Waals surface area contributed by atoms with Crippen molar-refractivity contribution in [2.24, 2.45) is 5.10 Å². The third-order valence-corrected chi connectivity index (χ3v) is 4.63. The molecule has 3 aromatic rings. The fourth-order valence-electron chi connectivity index (χ4n) is 2.61. The van der Waals surface area contributed by atoms with Crippen molar-refractivity contribution in [1.82, 2.24) is 5.43 Å². The molecule has 11 nitrogen and oxygen atoms in total. The summed E-state index contributed by atoms with van der Waals surface area (Å²) in [5.41, 5.74) is 1.39. The van der Waals surface area contributed by atoms with Crippen molar-refractivity contribution >= 4 is 45.4 Å². The number of esters is 1. The first-order valence-electron chi connectivity index (χ1n) is 9.08. The lowest BCUT2D eigenvalue weighted by molar-refractivity contribution is -0.394. The van der Waals surface area contributed by atoms with Gasteiger partial charge < -0.3 is 4.74 Å². The SMILES string of the molecule is O=C(N/N=C/c1cc(Br)ccc1OC(=O)c1cc([N+](=O)[O-])cc([N+](=O)[O-])c1)c1ccccc1. The van der Waals surface area contributed by atoms with Gasteiger partial charge in [0, 0.05) is 27.7 Å². The highest BCUT2D eigenvalue weighted by Crippen LogP contribution is 2.26. The largest absolute Gasteiger partial charge is 0.422 e. The molecule has 0 atom stereocenters. The number of hydrazone groups is 1. The highest BCUT2D eigenvalue weighted by molar-refractivity contribution is 9.10. The number of hydrogen-bond acceptors (Lipinski definition) is 8. The van der Waals surface area contributed by atoms with Crippen LogP contribution in [-0.4, -0.2) is 27.9 Å². The number of nitro groups is 2. The highest BCUT2D eigenvalue weighted by Gasteiger charge is 2.21. The number of benzene rings is 3. The first kappa shape index (κ1) is 23.2. The van der Waals surface area contributed by atoms with Gasteiger partial charge in [0.2, 0.25) is 0 Å². The topological polar surface area (TPSA) is 154 Å². The minimum absolute atomic E-state index is 0.00932. The van der Waals surface area contributed by atoms with E-state index in [0.717, 1.165) is 18.2 Å². The standard InChI is InChI=1S/C21H13BrN4O7/c22-16-6-7-19(15(8-16)12-23-24-20(27)13-4-2-1-3-5-13)33-21(28)14-9-17(25(29)30)11-18(10-14)26(31)32/h1-12H,(H,24,27)/b23-12+. The van der Waals surface area contributed by atoms with Crippen molar-refractivity contribution in [1.29, 1.82) is 0 Å². The van der Waals surface area contributed by atoms with E-state index < -0.39 is 33.1 Å². The zero-order chi connectivity index (χ0) is 24.0. The van der Waals surface area contributed by atoms with Crippen LogP contribution >= 0.6 is 15.9 Å². The molecule has 0 radical (unpaired) electrons. The van der Waals surface area contributed by atoms with E-state index in [-0.39, 0.29) is 16.9 Å². The molecular weight excluding hydrogens is 500 g/mol. The fourth-order valence-corrected chi connectivity index (χ4v) is 2.99. The van der Waals surface area contributed by atoms with Crippen molar-refractivity contribution in [3.05, 3.63) is 108 Å². The number of nitrogens with one attached hydrogen (secondary N) is 1. The van der Waals surface area contributed by atoms with Crippen molar-refractivity contribution in [2.75, 3.05) is 0 Å². The molecule has 0 aliphatic carbocycles. The van der Waals surface area contributed by atoms with Gasteiger partial charge in [0.05, 0.1) is 27.7 Å². The van der Waals surface area contributed by atoms with E-state index in [1.165, 1.54) is 12.3 Å². The molecule has 1 N–H and O–H groups in total. The van der Waals surface area contributed by atoms with Crippen LogP contribution in [0.15, 0.2) is 76.3 Å². The van der Waals surface area contributed by atoms with Crippen LogP contribution in [0.5, 0.6) is 5.75 Å². The minimum atomic E-state index is -1.05. The van der Waals surface area contributed by atoms with Gasteiger partial charge in [-0.1, -0.05) is 34.1 Å². The maximum Gasteiger partial charge on any atom is 0.344 e. The van der Waals surface area contributed by atoms with Crippen molar-refractivity contribution in [3.8, 4) is 5.75 Å². The van der Waals surface area contributed by atoms with E-state index in [0.29, 0.717) is 10.0 Å². The summed E-state index contributed by atoms with van der Waals surface area (Å²) in [7, 11) is 0. The van der Waals surface area contributed by atoms with Crippen molar-refractivity contribution < 1.29 is 24.2 Å². The summed E-state index contributed by atoms with van der Waals surface area (Å²) >= 11 is 3.28. The molecule has 0 aromatic heterocycles. The highest BCUT2D eigenvalue weighted by atomic mass is 79.9. The van der Waals surface area contributed by atoms with Crippen LogP contribution in [0.4, 0.5) is 11.4 Å². The number of hydrogen-bond donors (Lipinski definition) is 1. The van der Waals surface area contributed by atoms with E-state index in [1.54, 1.807) is 42.5 Å². The number of nitrogens with zero attached hydrogens (tertiary/aromatic N) is 3. The molecule has 0 aliphatic rings. The molecule has 1 amide bonds. The molecule has 0 fully saturated rings. The number of carbonyl (C=O) groups excluding carboxylic acids is 2. The number of rotatable bonds is 7. The average Bonchev–Trinajstić information content (AvgIpc) is 2.80. The maximum absolute atomic E-state index is 12.6. The van der Waals surface area contributed by atoms with Gasteiger partial charge in [-0.05, 0) is 30.3 Å². The Hall–Kier alpha value is -4.45. The van der Waals surface area contributed by atoms with E-state index >= 15 is 0 Å². The maximum atomic E-state index is 12.6. The second kappa shape index (κ2) is 10.2. The minimum Gasteiger partial charge on any atom is -0.422 e. The number of amides is 1. The van der Waals surface area contributed by atoms with E-state index in [9.17, 15) is 29.8 Å². The smallest absolute Gasteiger partial charge is 0.344 e. The zero-order valence-corrected chi connectivity index (χ0v) is 18.1. The second-order valence-corrected chi connectivity index (χ2v) is 7.30. The van der Waals surface area contributed by atoms with Crippen LogP contribution in [0.2, 0.25) is 0 Å². The summed E-state index contributed by atoms with van der Waals surface area (Å²) in [6.45, 7) is 0. The van der Waals surface area contributed by atoms with Gasteiger partial charge >= 0.3 is 5.97 Å². The molecule has 3 aromatic carbocycles. The van der Waals surface area contributed by atoms with Crippen molar-refractivity contribution in [3.63, 3.8) is 0 Å². The Morgan fingerprint density at radius 3 is 2.15 bits per heavy atom. The Morgan fingerprint density at radius 1 is 0.909 bits per heavy atom. The fraction of sp³-hybridized carbons (Fsp3) is 0. The Kier molecular flexibility index (Phi) is 7.20. The normalized spacial score (nSPS) is 10.6. The summed E-state index contributed by atoms with van der Waals surface area (Å²) in [5, 5.41) is 26.0. The molecule has 3 rings (SSSR count). The van der Waals surface area contributed by atoms with Gasteiger partial charge in [-0.2, -0.15) is 5.10 Å². The van der Waals surface area contributed by atoms with E-state index in [2.05, 4.69) is 26.5 Å². The predicted molar refractivity (Wildman–Crippen MR) is 120 cm³/mol. The quantitative estimate of drug-likeness (QED) is 0.163. The number of nitro benzene ring substituents is 2. The molecule has 0 saturated carbocycles. The Morgan fingerprint density at radius 2 is 1.55 bits per heavy atom. The van der Waals surface area contributed by atoms with Crippen molar-refractivity contribution in [2.45, 2.75) is 0 Å². The molecule has 0 unspecified atom stereocenters. The third-order valence-electron chi connectivity index (χ3n) is 4.14. The molecule has 166 valence electrons. The molecule has 0 bridgehead atoms. The lowest BCUT2D eigenvalue weighted by atomic mass is 10.1. The van der Waals surface area contributed by atoms with Gasteiger partial charge in [0.1, 0.15) is 5.75 Å². The van der Waals surface area contributed by atoms with Gasteiger partial charge in [0.15, 0.2) is 0 Å². The summed E-state index contributed by atoms with van der Waals surface area (Å²) < 4.78 is 5.90. The van der Waals surface area contributed by atoms with Crippen LogP contribution in [0.25, 0.3) is 0 Å². The van der Waals surface area contributed by atoms with Gasteiger partial charge in [-0.25, -0.2) is 10.2 Å². The second-order valence-electron chi connectivity index (χ2n) is 6.39. The Balaban J connectivity index is 1.83. The van der Waals surface area contributed by atoms with Gasteiger partial charge in [-0.15, -0.1) is 0 Å². The van der Waals surface area contributed by atoms with Crippen LogP contribution in [0.1, 0.15) is 26.3 Å². The first-order valence-corrected chi connectivity index (χ1v) is 9.88. The molecule has 0 spiro atoms. The molecule has 33 heavy (non-hydrogen) atoms. The number of ether oxygens (including phenoxy) is 1. The van der Waals surface area contributed by atoms with Crippen LogP contribution in [-0.2, 0) is 0 Å². The van der Waals surface area contributed by atoms with Crippen LogP contribution in [0, 0.1) is 20.2 Å². The summed E-state index contributed by atoms with van der Waals surface area (Å²) in [6.07, 6.45) is 1.24. The Bertz CT molecular complexity index is 1250. The molecule has 12 heteroatoms. The summed E-state index contributed by atoms with van der Waals surface area (Å²) in [5.74, 6) is -1.49.